The lowest BCUT2D eigenvalue weighted by Crippen LogP contribution is -2.47. The maximum absolute atomic E-state index is 11.5. The molecule has 0 aromatic rings. The molecule has 0 aromatic heterocycles. The number of nitrogens with zero attached hydrogens (tertiary/aromatic N) is 2. The van der Waals surface area contributed by atoms with Crippen LogP contribution in [0.3, 0.4) is 0 Å². The number of likely N-dealkylation sites (tertiary alicyclic amines) is 2. The van der Waals surface area contributed by atoms with Crippen LogP contribution in [0.25, 0.3) is 0 Å². The second-order valence-corrected chi connectivity index (χ2v) is 5.46. The van der Waals surface area contributed by atoms with E-state index in [4.69, 9.17) is 5.73 Å². The first kappa shape index (κ1) is 13.5. The molecule has 2 aliphatic rings. The summed E-state index contributed by atoms with van der Waals surface area (Å²) >= 11 is 0. The third-order valence-corrected chi connectivity index (χ3v) is 4.21. The van der Waals surface area contributed by atoms with Crippen molar-refractivity contribution >= 4 is 11.8 Å². The molecule has 2 aliphatic heterocycles. The molecule has 18 heavy (non-hydrogen) atoms. The Morgan fingerprint density at radius 1 is 1.17 bits per heavy atom. The van der Waals surface area contributed by atoms with E-state index in [1.807, 2.05) is 0 Å². The maximum Gasteiger partial charge on any atom is 0.229 e. The number of carbonyl (C=O) groups excluding carboxylic acids is 2. The van der Waals surface area contributed by atoms with Crippen LogP contribution in [0.1, 0.15) is 32.6 Å². The minimum atomic E-state index is -0.0139. The molecular formula is C13H23N3O2. The van der Waals surface area contributed by atoms with Crippen molar-refractivity contribution < 1.29 is 9.59 Å². The van der Waals surface area contributed by atoms with E-state index in [0.717, 1.165) is 26.1 Å². The van der Waals surface area contributed by atoms with Crippen LogP contribution in [0.4, 0.5) is 0 Å². The molecule has 2 amide bonds. The van der Waals surface area contributed by atoms with Gasteiger partial charge in [0, 0.05) is 38.5 Å². The SMILES string of the molecule is CC1CCC(CN)CN1CCN1C(=O)CCC1=O. The minimum absolute atomic E-state index is 0.0139. The Kier molecular flexibility index (Phi) is 4.35. The van der Waals surface area contributed by atoms with Gasteiger partial charge < -0.3 is 5.73 Å². The zero-order valence-corrected chi connectivity index (χ0v) is 11.1. The first-order valence-corrected chi connectivity index (χ1v) is 6.89. The van der Waals surface area contributed by atoms with E-state index in [1.165, 1.54) is 11.3 Å². The zero-order chi connectivity index (χ0) is 13.1. The molecule has 2 atom stereocenters. The van der Waals surface area contributed by atoms with E-state index in [1.54, 1.807) is 0 Å². The smallest absolute Gasteiger partial charge is 0.229 e. The van der Waals surface area contributed by atoms with Crippen LogP contribution in [0.15, 0.2) is 0 Å². The zero-order valence-electron chi connectivity index (χ0n) is 11.1. The van der Waals surface area contributed by atoms with Crippen molar-refractivity contribution in [1.29, 1.82) is 0 Å². The maximum atomic E-state index is 11.5. The van der Waals surface area contributed by atoms with Gasteiger partial charge in [-0.2, -0.15) is 0 Å². The van der Waals surface area contributed by atoms with E-state index in [9.17, 15) is 9.59 Å². The number of piperidine rings is 1. The summed E-state index contributed by atoms with van der Waals surface area (Å²) < 4.78 is 0. The highest BCUT2D eigenvalue weighted by Gasteiger charge is 2.30. The van der Waals surface area contributed by atoms with E-state index in [0.29, 0.717) is 31.3 Å². The van der Waals surface area contributed by atoms with E-state index >= 15 is 0 Å². The lowest BCUT2D eigenvalue weighted by atomic mass is 9.93. The summed E-state index contributed by atoms with van der Waals surface area (Å²) in [6, 6.07) is 0.528. The van der Waals surface area contributed by atoms with Crippen molar-refractivity contribution in [1.82, 2.24) is 9.80 Å². The minimum Gasteiger partial charge on any atom is -0.330 e. The van der Waals surface area contributed by atoms with Crippen LogP contribution in [0.2, 0.25) is 0 Å². The second-order valence-electron chi connectivity index (χ2n) is 5.46. The summed E-state index contributed by atoms with van der Waals surface area (Å²) in [5.41, 5.74) is 5.73. The number of amides is 2. The van der Waals surface area contributed by atoms with Crippen molar-refractivity contribution in [2.24, 2.45) is 11.7 Å². The van der Waals surface area contributed by atoms with Gasteiger partial charge >= 0.3 is 0 Å². The van der Waals surface area contributed by atoms with Crippen LogP contribution in [0, 0.1) is 5.92 Å². The van der Waals surface area contributed by atoms with Gasteiger partial charge in [0.15, 0.2) is 0 Å². The molecule has 5 nitrogen and oxygen atoms in total. The molecule has 2 heterocycles. The molecule has 0 aromatic carbocycles. The van der Waals surface area contributed by atoms with Crippen molar-refractivity contribution in [3.05, 3.63) is 0 Å². The Hall–Kier alpha value is -0.940. The van der Waals surface area contributed by atoms with E-state index in [2.05, 4.69) is 11.8 Å². The molecule has 2 rings (SSSR count). The Morgan fingerprint density at radius 3 is 2.44 bits per heavy atom. The molecule has 2 unspecified atom stereocenters. The average Bonchev–Trinajstić information content (AvgIpc) is 2.68. The van der Waals surface area contributed by atoms with E-state index < -0.39 is 0 Å². The molecule has 2 fully saturated rings. The highest BCUT2D eigenvalue weighted by molar-refractivity contribution is 6.01. The topological polar surface area (TPSA) is 66.6 Å². The van der Waals surface area contributed by atoms with Gasteiger partial charge in [0.1, 0.15) is 0 Å². The van der Waals surface area contributed by atoms with Crippen molar-refractivity contribution in [2.75, 3.05) is 26.2 Å². The molecular weight excluding hydrogens is 230 g/mol. The largest absolute Gasteiger partial charge is 0.330 e. The lowest BCUT2D eigenvalue weighted by molar-refractivity contribution is -0.138. The predicted octanol–water partition coefficient (Wildman–Crippen LogP) is 0.195. The average molecular weight is 253 g/mol. The number of carbonyl (C=O) groups is 2. The molecule has 5 heteroatoms. The monoisotopic (exact) mass is 253 g/mol. The first-order chi connectivity index (χ1) is 8.61. The van der Waals surface area contributed by atoms with Gasteiger partial charge in [-0.3, -0.25) is 19.4 Å². The van der Waals surface area contributed by atoms with Crippen LogP contribution in [-0.4, -0.2) is 53.8 Å². The number of hydrogen-bond acceptors (Lipinski definition) is 4. The van der Waals surface area contributed by atoms with E-state index in [-0.39, 0.29) is 11.8 Å². The van der Waals surface area contributed by atoms with Gasteiger partial charge in [0.05, 0.1) is 0 Å². The number of rotatable bonds is 4. The molecule has 0 spiro atoms. The Morgan fingerprint density at radius 2 is 1.83 bits per heavy atom. The molecule has 0 radical (unpaired) electrons. The highest BCUT2D eigenvalue weighted by atomic mass is 16.2. The Bertz CT molecular complexity index is 316. The summed E-state index contributed by atoms with van der Waals surface area (Å²) in [6.07, 6.45) is 3.12. The molecule has 2 saturated heterocycles. The first-order valence-electron chi connectivity index (χ1n) is 6.89. The third-order valence-electron chi connectivity index (χ3n) is 4.21. The van der Waals surface area contributed by atoms with Gasteiger partial charge in [-0.05, 0) is 32.2 Å². The number of nitrogens with two attached hydrogens (primary N) is 1. The van der Waals surface area contributed by atoms with Crippen LogP contribution >= 0.6 is 0 Å². The van der Waals surface area contributed by atoms with Crippen LogP contribution in [-0.2, 0) is 9.59 Å². The summed E-state index contributed by atoms with van der Waals surface area (Å²) in [5, 5.41) is 0. The second kappa shape index (κ2) is 5.80. The summed E-state index contributed by atoms with van der Waals surface area (Å²) in [6.45, 7) is 5.26. The quantitative estimate of drug-likeness (QED) is 0.727. The van der Waals surface area contributed by atoms with Crippen LogP contribution < -0.4 is 5.73 Å². The van der Waals surface area contributed by atoms with Gasteiger partial charge in [0.2, 0.25) is 11.8 Å². The summed E-state index contributed by atoms with van der Waals surface area (Å²) in [4.78, 5) is 26.8. The lowest BCUT2D eigenvalue weighted by Gasteiger charge is -2.38. The molecule has 0 aliphatic carbocycles. The fourth-order valence-corrected chi connectivity index (χ4v) is 2.87. The number of imide groups is 1. The van der Waals surface area contributed by atoms with Crippen molar-refractivity contribution in [2.45, 2.75) is 38.6 Å². The summed E-state index contributed by atoms with van der Waals surface area (Å²) in [5.74, 6) is 0.534. The van der Waals surface area contributed by atoms with Gasteiger partial charge in [0.25, 0.3) is 0 Å². The fourth-order valence-electron chi connectivity index (χ4n) is 2.87. The third kappa shape index (κ3) is 2.90. The fraction of sp³-hybridized carbons (Fsp3) is 0.846. The number of hydrogen-bond donors (Lipinski definition) is 1. The van der Waals surface area contributed by atoms with Gasteiger partial charge in [-0.25, -0.2) is 0 Å². The van der Waals surface area contributed by atoms with Gasteiger partial charge in [-0.15, -0.1) is 0 Å². The van der Waals surface area contributed by atoms with Gasteiger partial charge in [-0.1, -0.05) is 0 Å². The highest BCUT2D eigenvalue weighted by Crippen LogP contribution is 2.21. The van der Waals surface area contributed by atoms with Crippen molar-refractivity contribution in [3.8, 4) is 0 Å². The normalized spacial score (nSPS) is 30.2. The molecule has 102 valence electrons. The molecule has 2 N–H and O–H groups in total. The molecule has 0 bridgehead atoms. The molecule has 0 saturated carbocycles. The van der Waals surface area contributed by atoms with Crippen LogP contribution in [0.5, 0.6) is 0 Å². The Labute approximate surface area is 108 Å². The standard InChI is InChI=1S/C13H23N3O2/c1-10-2-3-11(8-14)9-15(10)6-7-16-12(17)4-5-13(16)18/h10-11H,2-9,14H2,1H3. The predicted molar refractivity (Wildman–Crippen MR) is 68.8 cm³/mol. The Balaban J connectivity index is 1.84. The summed E-state index contributed by atoms with van der Waals surface area (Å²) in [7, 11) is 0. The van der Waals surface area contributed by atoms with Crippen molar-refractivity contribution in [3.63, 3.8) is 0 Å².